The van der Waals surface area contributed by atoms with Gasteiger partial charge in [-0.1, -0.05) is 12.1 Å². The fourth-order valence-corrected chi connectivity index (χ4v) is 2.01. The van der Waals surface area contributed by atoms with Crippen molar-refractivity contribution in [3.63, 3.8) is 0 Å². The van der Waals surface area contributed by atoms with E-state index < -0.39 is 17.8 Å². The lowest BCUT2D eigenvalue weighted by molar-refractivity contribution is 0.0695. The minimum atomic E-state index is -1.26. The molecule has 20 heavy (non-hydrogen) atoms. The lowest BCUT2D eigenvalue weighted by Crippen LogP contribution is -2.06. The van der Waals surface area contributed by atoms with Crippen molar-refractivity contribution >= 4 is 11.9 Å². The highest BCUT2D eigenvalue weighted by Gasteiger charge is 2.18. The van der Waals surface area contributed by atoms with E-state index in [1.807, 2.05) is 0 Å². The second-order valence-electron chi connectivity index (χ2n) is 4.33. The van der Waals surface area contributed by atoms with E-state index in [1.165, 1.54) is 24.3 Å². The van der Waals surface area contributed by atoms with Crippen LogP contribution in [0.5, 0.6) is 0 Å². The second-order valence-corrected chi connectivity index (χ2v) is 4.33. The molecule has 4 nitrogen and oxygen atoms in total. The molecule has 2 rings (SSSR count). The number of hydrogen-bond acceptors (Lipinski definition) is 2. The van der Waals surface area contributed by atoms with Crippen LogP contribution in [-0.4, -0.2) is 22.2 Å². The van der Waals surface area contributed by atoms with Crippen LogP contribution < -0.4 is 0 Å². The van der Waals surface area contributed by atoms with Crippen molar-refractivity contribution in [3.8, 4) is 11.1 Å². The van der Waals surface area contributed by atoms with E-state index in [0.717, 1.165) is 6.07 Å². The number of carboxylic acid groups (broad SMARTS) is 2. The standard InChI is InChI=1S/C15H11FO4/c1-8-5-12(9-3-2-4-10(16)6-9)13(15(19)20)7-11(8)14(17)18/h2-7H,1H3,(H,17,18)(H,19,20). The predicted molar refractivity (Wildman–Crippen MR) is 70.5 cm³/mol. The van der Waals surface area contributed by atoms with Gasteiger partial charge >= 0.3 is 11.9 Å². The Balaban J connectivity index is 2.72. The van der Waals surface area contributed by atoms with Gasteiger partial charge in [-0.15, -0.1) is 0 Å². The van der Waals surface area contributed by atoms with Crippen LogP contribution in [0.2, 0.25) is 0 Å². The van der Waals surface area contributed by atoms with Crippen molar-refractivity contribution in [3.05, 3.63) is 58.9 Å². The molecule has 0 bridgehead atoms. The minimum Gasteiger partial charge on any atom is -0.478 e. The van der Waals surface area contributed by atoms with Crippen molar-refractivity contribution in [1.82, 2.24) is 0 Å². The first kappa shape index (κ1) is 13.7. The normalized spacial score (nSPS) is 10.3. The third kappa shape index (κ3) is 2.51. The number of aryl methyl sites for hydroxylation is 1. The molecule has 0 heterocycles. The maximum atomic E-state index is 13.3. The highest BCUT2D eigenvalue weighted by atomic mass is 19.1. The van der Waals surface area contributed by atoms with Gasteiger partial charge in [0.15, 0.2) is 0 Å². The van der Waals surface area contributed by atoms with Gasteiger partial charge in [0.1, 0.15) is 5.82 Å². The fourth-order valence-electron chi connectivity index (χ4n) is 2.01. The zero-order valence-corrected chi connectivity index (χ0v) is 10.6. The summed E-state index contributed by atoms with van der Waals surface area (Å²) in [5.41, 5.74) is 0.852. The van der Waals surface area contributed by atoms with Crippen LogP contribution in [0.3, 0.4) is 0 Å². The van der Waals surface area contributed by atoms with E-state index in [2.05, 4.69) is 0 Å². The maximum Gasteiger partial charge on any atom is 0.336 e. The number of halogens is 1. The number of rotatable bonds is 3. The summed E-state index contributed by atoms with van der Waals surface area (Å²) in [7, 11) is 0. The Morgan fingerprint density at radius 1 is 1.00 bits per heavy atom. The van der Waals surface area contributed by atoms with E-state index in [-0.39, 0.29) is 11.1 Å². The number of benzene rings is 2. The topological polar surface area (TPSA) is 74.6 Å². The monoisotopic (exact) mass is 274 g/mol. The summed E-state index contributed by atoms with van der Waals surface area (Å²) in [6.07, 6.45) is 0. The maximum absolute atomic E-state index is 13.3. The molecule has 0 fully saturated rings. The summed E-state index contributed by atoms with van der Waals surface area (Å²) in [6, 6.07) is 8.05. The first-order chi connectivity index (χ1) is 9.40. The van der Waals surface area contributed by atoms with Crippen molar-refractivity contribution < 1.29 is 24.2 Å². The first-order valence-electron chi connectivity index (χ1n) is 5.77. The van der Waals surface area contributed by atoms with E-state index in [1.54, 1.807) is 13.0 Å². The molecule has 2 N–H and O–H groups in total. The quantitative estimate of drug-likeness (QED) is 0.901. The zero-order chi connectivity index (χ0) is 14.9. The molecule has 0 amide bonds. The van der Waals surface area contributed by atoms with Crippen molar-refractivity contribution in [2.45, 2.75) is 6.92 Å². The third-order valence-corrected chi connectivity index (χ3v) is 2.96. The SMILES string of the molecule is Cc1cc(-c2cccc(F)c2)c(C(=O)O)cc1C(=O)O. The summed E-state index contributed by atoms with van der Waals surface area (Å²) >= 11 is 0. The molecule has 0 aliphatic carbocycles. The summed E-state index contributed by atoms with van der Waals surface area (Å²) in [5, 5.41) is 18.2. The molecular formula is C15H11FO4. The van der Waals surface area contributed by atoms with Gasteiger partial charge in [-0.25, -0.2) is 14.0 Å². The van der Waals surface area contributed by atoms with Crippen molar-refractivity contribution in [2.75, 3.05) is 0 Å². The van der Waals surface area contributed by atoms with Gasteiger partial charge in [0, 0.05) is 0 Å². The Kier molecular flexibility index (Phi) is 3.52. The molecule has 0 spiro atoms. The smallest absolute Gasteiger partial charge is 0.336 e. The fraction of sp³-hybridized carbons (Fsp3) is 0.0667. The summed E-state index contributed by atoms with van der Waals surface area (Å²) < 4.78 is 13.3. The van der Waals surface area contributed by atoms with E-state index in [9.17, 15) is 19.1 Å². The zero-order valence-electron chi connectivity index (χ0n) is 10.6. The number of carbonyl (C=O) groups is 2. The highest BCUT2D eigenvalue weighted by molar-refractivity contribution is 6.00. The van der Waals surface area contributed by atoms with E-state index >= 15 is 0 Å². The Bertz CT molecular complexity index is 707. The van der Waals surface area contributed by atoms with Crippen LogP contribution in [0.15, 0.2) is 36.4 Å². The largest absolute Gasteiger partial charge is 0.478 e. The lowest BCUT2D eigenvalue weighted by atomic mass is 9.94. The Hall–Kier alpha value is -2.69. The summed E-state index contributed by atoms with van der Waals surface area (Å²) in [6.45, 7) is 1.57. The number of aromatic carboxylic acids is 2. The van der Waals surface area contributed by atoms with Gasteiger partial charge in [-0.3, -0.25) is 0 Å². The van der Waals surface area contributed by atoms with Crippen molar-refractivity contribution in [1.29, 1.82) is 0 Å². The van der Waals surface area contributed by atoms with E-state index in [4.69, 9.17) is 5.11 Å². The molecule has 0 atom stereocenters. The van der Waals surface area contributed by atoms with E-state index in [0.29, 0.717) is 16.7 Å². The summed E-state index contributed by atoms with van der Waals surface area (Å²) in [4.78, 5) is 22.3. The number of hydrogen-bond donors (Lipinski definition) is 2. The van der Waals surface area contributed by atoms with Gasteiger partial charge < -0.3 is 10.2 Å². The molecule has 102 valence electrons. The third-order valence-electron chi connectivity index (χ3n) is 2.96. The molecule has 0 unspecified atom stereocenters. The Morgan fingerprint density at radius 2 is 1.65 bits per heavy atom. The number of carboxylic acids is 2. The van der Waals surface area contributed by atoms with Crippen LogP contribution in [0, 0.1) is 12.7 Å². The van der Waals surface area contributed by atoms with Crippen LogP contribution in [0.4, 0.5) is 4.39 Å². The molecule has 0 saturated carbocycles. The van der Waals surface area contributed by atoms with Gasteiger partial charge in [0.2, 0.25) is 0 Å². The average Bonchev–Trinajstić information content (AvgIpc) is 2.37. The molecule has 2 aromatic rings. The molecule has 0 aliphatic rings. The molecule has 5 heteroatoms. The Labute approximate surface area is 114 Å². The molecule has 0 aliphatic heterocycles. The van der Waals surface area contributed by atoms with Crippen molar-refractivity contribution in [2.24, 2.45) is 0 Å². The Morgan fingerprint density at radius 3 is 2.20 bits per heavy atom. The van der Waals surface area contributed by atoms with Gasteiger partial charge in [-0.2, -0.15) is 0 Å². The molecule has 0 saturated heterocycles. The van der Waals surface area contributed by atoms with Crippen LogP contribution in [-0.2, 0) is 0 Å². The second kappa shape index (κ2) is 5.13. The highest BCUT2D eigenvalue weighted by Crippen LogP contribution is 2.28. The van der Waals surface area contributed by atoms with Crippen LogP contribution >= 0.6 is 0 Å². The lowest BCUT2D eigenvalue weighted by Gasteiger charge is -2.10. The average molecular weight is 274 g/mol. The van der Waals surface area contributed by atoms with Gasteiger partial charge in [0.05, 0.1) is 11.1 Å². The van der Waals surface area contributed by atoms with Gasteiger partial charge in [-0.05, 0) is 47.9 Å². The molecule has 2 aromatic carbocycles. The minimum absolute atomic E-state index is 0.0810. The molecule has 0 aromatic heterocycles. The predicted octanol–water partition coefficient (Wildman–Crippen LogP) is 3.20. The van der Waals surface area contributed by atoms with Gasteiger partial charge in [0.25, 0.3) is 0 Å². The molecule has 0 radical (unpaired) electrons. The van der Waals surface area contributed by atoms with Crippen LogP contribution in [0.1, 0.15) is 26.3 Å². The molecular weight excluding hydrogens is 263 g/mol. The van der Waals surface area contributed by atoms with Crippen LogP contribution in [0.25, 0.3) is 11.1 Å². The first-order valence-corrected chi connectivity index (χ1v) is 5.77. The summed E-state index contributed by atoms with van der Waals surface area (Å²) in [5.74, 6) is -2.94.